The van der Waals surface area contributed by atoms with Gasteiger partial charge in [0.15, 0.2) is 0 Å². The summed E-state index contributed by atoms with van der Waals surface area (Å²) in [5.74, 6) is 0.403. The zero-order valence-corrected chi connectivity index (χ0v) is 19.5. The highest BCUT2D eigenvalue weighted by Gasteiger charge is 2.53. The molecule has 0 unspecified atom stereocenters. The minimum atomic E-state index is -0.899. The molecule has 1 aliphatic rings. The summed E-state index contributed by atoms with van der Waals surface area (Å²) in [6.45, 7) is 5.51. The van der Waals surface area contributed by atoms with Gasteiger partial charge in [0.1, 0.15) is 22.0 Å². The van der Waals surface area contributed by atoms with Crippen LogP contribution in [0.25, 0.3) is 0 Å². The van der Waals surface area contributed by atoms with Crippen LogP contribution < -0.4 is 15.4 Å². The van der Waals surface area contributed by atoms with Crippen molar-refractivity contribution in [3.8, 4) is 5.75 Å². The van der Waals surface area contributed by atoms with E-state index in [0.29, 0.717) is 24.6 Å². The molecular formula is C23H29ClN4O4. The van der Waals surface area contributed by atoms with E-state index in [1.165, 1.54) is 13.3 Å². The number of benzene rings is 1. The molecule has 3 rings (SSSR count). The minimum Gasteiger partial charge on any atom is -0.494 e. The standard InChI is InChI=1S/C23H29ClN4O4/c1-15(2)16-7-5-6-8-17(16)23(13-28(14-23)22(30)25-9-10-31-3)21(29)27-18-12-26-20(24)11-19(18)32-4/h5-8,11-12,15H,9-10,13-14H2,1-4H3,(H,25,30)(H,27,29). The maximum Gasteiger partial charge on any atom is 0.317 e. The number of urea groups is 1. The predicted octanol–water partition coefficient (Wildman–Crippen LogP) is 3.42. The first-order chi connectivity index (χ1) is 15.3. The van der Waals surface area contributed by atoms with Crippen molar-refractivity contribution in [2.24, 2.45) is 0 Å². The molecule has 8 nitrogen and oxygen atoms in total. The molecule has 0 spiro atoms. The lowest BCUT2D eigenvalue weighted by Crippen LogP contribution is -2.68. The molecule has 0 atom stereocenters. The van der Waals surface area contributed by atoms with Crippen LogP contribution in [0, 0.1) is 0 Å². The van der Waals surface area contributed by atoms with Crippen LogP contribution in [0.2, 0.25) is 5.15 Å². The molecule has 2 N–H and O–H groups in total. The first-order valence-corrected chi connectivity index (χ1v) is 10.8. The molecule has 2 heterocycles. The largest absolute Gasteiger partial charge is 0.494 e. The Labute approximate surface area is 193 Å². The maximum atomic E-state index is 13.7. The summed E-state index contributed by atoms with van der Waals surface area (Å²) in [5, 5.41) is 6.02. The van der Waals surface area contributed by atoms with Crippen LogP contribution in [-0.4, -0.2) is 62.3 Å². The van der Waals surface area contributed by atoms with Gasteiger partial charge in [0.05, 0.1) is 19.9 Å². The van der Waals surface area contributed by atoms with E-state index in [1.54, 1.807) is 18.1 Å². The number of anilines is 1. The number of nitrogens with one attached hydrogen (secondary N) is 2. The van der Waals surface area contributed by atoms with E-state index in [9.17, 15) is 9.59 Å². The van der Waals surface area contributed by atoms with Crippen LogP contribution in [0.1, 0.15) is 30.9 Å². The van der Waals surface area contributed by atoms with Crippen molar-refractivity contribution in [3.63, 3.8) is 0 Å². The molecule has 0 radical (unpaired) electrons. The number of amides is 3. The minimum absolute atomic E-state index is 0.215. The van der Waals surface area contributed by atoms with Crippen LogP contribution >= 0.6 is 11.6 Å². The van der Waals surface area contributed by atoms with Gasteiger partial charge < -0.3 is 25.0 Å². The van der Waals surface area contributed by atoms with Gasteiger partial charge in [-0.05, 0) is 17.0 Å². The third kappa shape index (κ3) is 4.81. The molecular weight excluding hydrogens is 432 g/mol. The summed E-state index contributed by atoms with van der Waals surface area (Å²) in [6, 6.07) is 9.19. The second-order valence-corrected chi connectivity index (χ2v) is 8.45. The highest BCUT2D eigenvalue weighted by molar-refractivity contribution is 6.29. The fraction of sp³-hybridized carbons (Fsp3) is 0.435. The zero-order valence-electron chi connectivity index (χ0n) is 18.8. The lowest BCUT2D eigenvalue weighted by atomic mass is 9.69. The molecule has 1 aromatic heterocycles. The first-order valence-electron chi connectivity index (χ1n) is 10.4. The Morgan fingerprint density at radius 2 is 1.97 bits per heavy atom. The van der Waals surface area contributed by atoms with Crippen molar-refractivity contribution in [3.05, 3.63) is 52.8 Å². The Morgan fingerprint density at radius 1 is 1.25 bits per heavy atom. The van der Waals surface area contributed by atoms with Gasteiger partial charge in [-0.3, -0.25) is 4.79 Å². The van der Waals surface area contributed by atoms with Crippen LogP contribution in [0.5, 0.6) is 5.75 Å². The van der Waals surface area contributed by atoms with E-state index in [0.717, 1.165) is 11.1 Å². The topological polar surface area (TPSA) is 92.8 Å². The van der Waals surface area contributed by atoms with Gasteiger partial charge in [-0.15, -0.1) is 0 Å². The lowest BCUT2D eigenvalue weighted by Gasteiger charge is -2.49. The molecule has 0 bridgehead atoms. The molecule has 9 heteroatoms. The average molecular weight is 461 g/mol. The van der Waals surface area contributed by atoms with Crippen molar-refractivity contribution in [1.29, 1.82) is 0 Å². The SMILES string of the molecule is COCCNC(=O)N1CC(C(=O)Nc2cnc(Cl)cc2OC)(c2ccccc2C(C)C)C1. The number of aromatic nitrogens is 1. The smallest absolute Gasteiger partial charge is 0.317 e. The van der Waals surface area contributed by atoms with Crippen molar-refractivity contribution in [2.75, 3.05) is 45.8 Å². The van der Waals surface area contributed by atoms with Gasteiger partial charge in [0, 0.05) is 32.8 Å². The quantitative estimate of drug-likeness (QED) is 0.465. The fourth-order valence-corrected chi connectivity index (χ4v) is 4.06. The summed E-state index contributed by atoms with van der Waals surface area (Å²) in [4.78, 5) is 31.9. The van der Waals surface area contributed by atoms with E-state index < -0.39 is 5.41 Å². The highest BCUT2D eigenvalue weighted by atomic mass is 35.5. The fourth-order valence-electron chi connectivity index (χ4n) is 3.91. The van der Waals surface area contributed by atoms with Gasteiger partial charge in [0.25, 0.3) is 0 Å². The maximum absolute atomic E-state index is 13.7. The van der Waals surface area contributed by atoms with Crippen LogP contribution in [0.4, 0.5) is 10.5 Å². The average Bonchev–Trinajstić information content (AvgIpc) is 2.74. The molecule has 1 saturated heterocycles. The van der Waals surface area contributed by atoms with Gasteiger partial charge in [-0.2, -0.15) is 0 Å². The normalized spacial score (nSPS) is 14.6. The van der Waals surface area contributed by atoms with Crippen molar-refractivity contribution in [1.82, 2.24) is 15.2 Å². The molecule has 1 aromatic carbocycles. The Hall–Kier alpha value is -2.84. The second-order valence-electron chi connectivity index (χ2n) is 8.07. The van der Waals surface area contributed by atoms with Crippen LogP contribution in [0.15, 0.2) is 36.5 Å². The van der Waals surface area contributed by atoms with Crippen LogP contribution in [0.3, 0.4) is 0 Å². The van der Waals surface area contributed by atoms with E-state index >= 15 is 0 Å². The number of ether oxygens (including phenoxy) is 2. The number of methoxy groups -OCH3 is 2. The molecule has 1 fully saturated rings. The molecule has 3 amide bonds. The molecule has 0 aliphatic carbocycles. The van der Waals surface area contributed by atoms with Gasteiger partial charge in [-0.25, -0.2) is 9.78 Å². The Morgan fingerprint density at radius 3 is 2.62 bits per heavy atom. The third-order valence-corrected chi connectivity index (χ3v) is 5.83. The van der Waals surface area contributed by atoms with Crippen molar-refractivity contribution in [2.45, 2.75) is 25.2 Å². The number of hydrogen-bond acceptors (Lipinski definition) is 5. The second kappa shape index (κ2) is 10.2. The number of carbonyl (C=O) groups excluding carboxylic acids is 2. The predicted molar refractivity (Wildman–Crippen MR) is 123 cm³/mol. The van der Waals surface area contributed by atoms with E-state index in [4.69, 9.17) is 21.1 Å². The molecule has 32 heavy (non-hydrogen) atoms. The Bertz CT molecular complexity index is 976. The van der Waals surface area contributed by atoms with E-state index in [2.05, 4.69) is 29.5 Å². The first kappa shape index (κ1) is 23.8. The van der Waals surface area contributed by atoms with Crippen molar-refractivity contribution >= 4 is 29.2 Å². The van der Waals surface area contributed by atoms with Gasteiger partial charge in [0.2, 0.25) is 5.91 Å². The summed E-state index contributed by atoms with van der Waals surface area (Å²) in [5.41, 5.74) is 1.51. The third-order valence-electron chi connectivity index (χ3n) is 5.62. The molecule has 2 aromatic rings. The Kier molecular flexibility index (Phi) is 7.58. The summed E-state index contributed by atoms with van der Waals surface area (Å²) in [6.07, 6.45) is 1.47. The van der Waals surface area contributed by atoms with E-state index in [1.807, 2.05) is 24.3 Å². The van der Waals surface area contributed by atoms with Gasteiger partial charge in [-0.1, -0.05) is 49.7 Å². The number of likely N-dealkylation sites (tertiary alicyclic amines) is 1. The summed E-state index contributed by atoms with van der Waals surface area (Å²) < 4.78 is 10.3. The monoisotopic (exact) mass is 460 g/mol. The molecule has 172 valence electrons. The highest BCUT2D eigenvalue weighted by Crippen LogP contribution is 2.40. The number of hydrogen-bond donors (Lipinski definition) is 2. The van der Waals surface area contributed by atoms with Crippen molar-refractivity contribution < 1.29 is 19.1 Å². The van der Waals surface area contributed by atoms with Gasteiger partial charge >= 0.3 is 6.03 Å². The number of carbonyl (C=O) groups is 2. The molecule has 1 aliphatic heterocycles. The summed E-state index contributed by atoms with van der Waals surface area (Å²) >= 11 is 5.95. The van der Waals surface area contributed by atoms with Crippen LogP contribution in [-0.2, 0) is 14.9 Å². The van der Waals surface area contributed by atoms with E-state index in [-0.39, 0.29) is 36.1 Å². The molecule has 0 saturated carbocycles. The number of halogens is 1. The number of pyridine rings is 1. The lowest BCUT2D eigenvalue weighted by molar-refractivity contribution is -0.126. The number of rotatable bonds is 8. The Balaban J connectivity index is 1.91. The zero-order chi connectivity index (χ0) is 23.3. The number of nitrogens with zero attached hydrogens (tertiary/aromatic N) is 2. The summed E-state index contributed by atoms with van der Waals surface area (Å²) in [7, 11) is 3.08.